The zero-order chi connectivity index (χ0) is 13.4. The highest BCUT2D eigenvalue weighted by Gasteiger charge is 2.37. The minimum atomic E-state index is -0.437. The number of hydrogen-bond donors (Lipinski definition) is 1. The summed E-state index contributed by atoms with van der Waals surface area (Å²) in [6, 6.07) is -0.437. The fraction of sp³-hybridized carbons (Fsp3) is 0.545. The van der Waals surface area contributed by atoms with Crippen LogP contribution in [-0.4, -0.2) is 42.2 Å². The quantitative estimate of drug-likeness (QED) is 0.819. The van der Waals surface area contributed by atoms with Crippen molar-refractivity contribution in [3.8, 4) is 0 Å². The Kier molecular flexibility index (Phi) is 3.41. The molecule has 18 heavy (non-hydrogen) atoms. The maximum absolute atomic E-state index is 12.1. The Balaban J connectivity index is 2.49. The van der Waals surface area contributed by atoms with Crippen LogP contribution < -0.4 is 10.2 Å². The molecule has 0 bridgehead atoms. The molecule has 2 atom stereocenters. The van der Waals surface area contributed by atoms with Gasteiger partial charge >= 0.3 is 0 Å². The lowest BCUT2D eigenvalue weighted by Crippen LogP contribution is -2.53. The Hall–Kier alpha value is -1.40. The van der Waals surface area contributed by atoms with Gasteiger partial charge in [-0.25, -0.2) is 4.98 Å². The smallest absolute Gasteiger partial charge is 0.249 e. The average Bonchev–Trinajstić information content (AvgIpc) is 2.30. The number of nitrogens with one attached hydrogen (secondary N) is 1. The van der Waals surface area contributed by atoms with Crippen LogP contribution in [0.2, 0.25) is 5.28 Å². The average molecular weight is 271 g/mol. The molecule has 1 aromatic heterocycles. The van der Waals surface area contributed by atoms with Crippen molar-refractivity contribution in [2.45, 2.75) is 26.0 Å². The van der Waals surface area contributed by atoms with Gasteiger partial charge in [0.25, 0.3) is 0 Å². The first-order valence-electron chi connectivity index (χ1n) is 5.56. The van der Waals surface area contributed by atoms with Crippen molar-refractivity contribution >= 4 is 29.0 Å². The van der Waals surface area contributed by atoms with Crippen molar-refractivity contribution in [2.24, 2.45) is 0 Å². The number of anilines is 2. The van der Waals surface area contributed by atoms with Gasteiger partial charge in [0.05, 0.1) is 11.8 Å². The molecule has 0 radical (unpaired) electrons. The molecule has 2 rings (SSSR count). The van der Waals surface area contributed by atoms with Gasteiger partial charge in [0, 0.05) is 14.2 Å². The molecule has 7 heteroatoms. The van der Waals surface area contributed by atoms with Crippen LogP contribution in [0.4, 0.5) is 11.5 Å². The van der Waals surface area contributed by atoms with E-state index in [0.29, 0.717) is 17.2 Å². The van der Waals surface area contributed by atoms with Gasteiger partial charge in [-0.15, -0.1) is 0 Å². The number of rotatable bonds is 2. The Bertz CT molecular complexity index is 494. The standard InChI is InChI=1S/C11H15ClN4O2/c1-5-7-9(15-11(12)13-5)16(3)8(6(2)18-4)10(17)14-7/h6,8H,1-4H3,(H,14,17). The monoisotopic (exact) mass is 270 g/mol. The first-order chi connectivity index (χ1) is 8.45. The van der Waals surface area contributed by atoms with Crippen molar-refractivity contribution in [3.05, 3.63) is 11.0 Å². The van der Waals surface area contributed by atoms with E-state index >= 15 is 0 Å². The number of methoxy groups -OCH3 is 1. The predicted octanol–water partition coefficient (Wildman–Crippen LogP) is 1.23. The first kappa shape index (κ1) is 13.0. The molecule has 1 N–H and O–H groups in total. The Morgan fingerprint density at radius 1 is 1.50 bits per heavy atom. The third-order valence-corrected chi connectivity index (χ3v) is 3.30. The molecule has 98 valence electrons. The fourth-order valence-electron chi connectivity index (χ4n) is 2.09. The Labute approximate surface area is 110 Å². The zero-order valence-electron chi connectivity index (χ0n) is 10.7. The van der Waals surface area contributed by atoms with E-state index in [0.717, 1.165) is 0 Å². The predicted molar refractivity (Wildman–Crippen MR) is 69.1 cm³/mol. The van der Waals surface area contributed by atoms with Gasteiger partial charge in [0.15, 0.2) is 5.82 Å². The SMILES string of the molecule is COC(C)C1C(=O)Nc2c(C)nc(Cl)nc2N1C. The minimum absolute atomic E-state index is 0.131. The lowest BCUT2D eigenvalue weighted by Gasteiger charge is -2.37. The van der Waals surface area contributed by atoms with Gasteiger partial charge < -0.3 is 15.0 Å². The molecule has 0 saturated heterocycles. The van der Waals surface area contributed by atoms with E-state index in [9.17, 15) is 4.79 Å². The Morgan fingerprint density at radius 2 is 2.17 bits per heavy atom. The van der Waals surface area contributed by atoms with Crippen molar-refractivity contribution in [1.29, 1.82) is 0 Å². The highest BCUT2D eigenvalue weighted by atomic mass is 35.5. The van der Waals surface area contributed by atoms with Crippen LogP contribution in [0, 0.1) is 6.92 Å². The normalized spacial score (nSPS) is 20.4. The number of hydrogen-bond acceptors (Lipinski definition) is 5. The number of halogens is 1. The van der Waals surface area contributed by atoms with Crippen LogP contribution in [0.25, 0.3) is 0 Å². The topological polar surface area (TPSA) is 67.3 Å². The lowest BCUT2D eigenvalue weighted by molar-refractivity contribution is -0.120. The largest absolute Gasteiger partial charge is 0.379 e. The van der Waals surface area contributed by atoms with Crippen LogP contribution >= 0.6 is 11.6 Å². The molecule has 1 amide bonds. The highest BCUT2D eigenvalue weighted by Crippen LogP contribution is 2.33. The number of fused-ring (bicyclic) bond motifs is 1. The molecule has 1 aromatic rings. The van der Waals surface area contributed by atoms with E-state index in [2.05, 4.69) is 15.3 Å². The maximum atomic E-state index is 12.1. The van der Waals surface area contributed by atoms with Gasteiger partial charge in [0.2, 0.25) is 11.2 Å². The third kappa shape index (κ3) is 2.02. The second-order valence-electron chi connectivity index (χ2n) is 4.26. The summed E-state index contributed by atoms with van der Waals surface area (Å²) in [6.07, 6.45) is -0.253. The first-order valence-corrected chi connectivity index (χ1v) is 5.94. The number of carbonyl (C=O) groups excluding carboxylic acids is 1. The van der Waals surface area contributed by atoms with E-state index in [1.165, 1.54) is 0 Å². The number of ether oxygens (including phenoxy) is 1. The third-order valence-electron chi connectivity index (χ3n) is 3.13. The Morgan fingerprint density at radius 3 is 2.78 bits per heavy atom. The summed E-state index contributed by atoms with van der Waals surface area (Å²) in [5.41, 5.74) is 1.25. The molecular formula is C11H15ClN4O2. The molecule has 0 saturated carbocycles. The molecule has 1 aliphatic rings. The van der Waals surface area contributed by atoms with Gasteiger partial charge in [-0.3, -0.25) is 4.79 Å². The molecular weight excluding hydrogens is 256 g/mol. The molecule has 0 spiro atoms. The fourth-order valence-corrected chi connectivity index (χ4v) is 2.29. The lowest BCUT2D eigenvalue weighted by atomic mass is 10.1. The van der Waals surface area contributed by atoms with E-state index in [-0.39, 0.29) is 17.3 Å². The number of amides is 1. The van der Waals surface area contributed by atoms with Gasteiger partial charge in [-0.1, -0.05) is 0 Å². The molecule has 1 aliphatic heterocycles. The summed E-state index contributed by atoms with van der Waals surface area (Å²) in [7, 11) is 3.36. The number of likely N-dealkylation sites (N-methyl/N-ethyl adjacent to an activating group) is 1. The molecule has 0 fully saturated rings. The van der Waals surface area contributed by atoms with Crippen LogP contribution in [-0.2, 0) is 9.53 Å². The molecule has 0 aromatic carbocycles. The number of carbonyl (C=O) groups is 1. The zero-order valence-corrected chi connectivity index (χ0v) is 11.4. The van der Waals surface area contributed by atoms with Crippen LogP contribution in [0.5, 0.6) is 0 Å². The number of aryl methyl sites for hydroxylation is 1. The van der Waals surface area contributed by atoms with Crippen LogP contribution in [0.3, 0.4) is 0 Å². The van der Waals surface area contributed by atoms with E-state index in [4.69, 9.17) is 16.3 Å². The van der Waals surface area contributed by atoms with Crippen LogP contribution in [0.1, 0.15) is 12.6 Å². The molecule has 2 unspecified atom stereocenters. The summed E-state index contributed by atoms with van der Waals surface area (Å²) < 4.78 is 5.23. The van der Waals surface area contributed by atoms with Gasteiger partial charge in [-0.2, -0.15) is 4.98 Å². The van der Waals surface area contributed by atoms with Gasteiger partial charge in [0.1, 0.15) is 11.7 Å². The van der Waals surface area contributed by atoms with Crippen molar-refractivity contribution in [2.75, 3.05) is 24.4 Å². The van der Waals surface area contributed by atoms with E-state index in [1.807, 2.05) is 6.92 Å². The summed E-state index contributed by atoms with van der Waals surface area (Å²) in [5.74, 6) is 0.481. The second-order valence-corrected chi connectivity index (χ2v) is 4.60. The molecule has 6 nitrogen and oxygen atoms in total. The van der Waals surface area contributed by atoms with Crippen LogP contribution in [0.15, 0.2) is 0 Å². The van der Waals surface area contributed by atoms with Crippen molar-refractivity contribution < 1.29 is 9.53 Å². The van der Waals surface area contributed by atoms with E-state index < -0.39 is 6.04 Å². The van der Waals surface area contributed by atoms with Crippen molar-refractivity contribution in [3.63, 3.8) is 0 Å². The molecule has 0 aliphatic carbocycles. The van der Waals surface area contributed by atoms with E-state index in [1.54, 1.807) is 26.0 Å². The summed E-state index contributed by atoms with van der Waals surface area (Å²) in [5, 5.41) is 2.97. The summed E-state index contributed by atoms with van der Waals surface area (Å²) in [6.45, 7) is 3.61. The summed E-state index contributed by atoms with van der Waals surface area (Å²) >= 11 is 5.85. The highest BCUT2D eigenvalue weighted by molar-refractivity contribution is 6.28. The van der Waals surface area contributed by atoms with Gasteiger partial charge in [-0.05, 0) is 25.4 Å². The minimum Gasteiger partial charge on any atom is -0.379 e. The van der Waals surface area contributed by atoms with Crippen molar-refractivity contribution in [1.82, 2.24) is 9.97 Å². The number of aromatic nitrogens is 2. The molecule has 2 heterocycles. The second kappa shape index (κ2) is 4.70. The number of nitrogens with zero attached hydrogens (tertiary/aromatic N) is 3. The summed E-state index contributed by atoms with van der Waals surface area (Å²) in [4.78, 5) is 22.0. The maximum Gasteiger partial charge on any atom is 0.249 e.